The number of carbonyl (C=O) groups is 1. The summed E-state index contributed by atoms with van der Waals surface area (Å²) in [6, 6.07) is 25.8. The second-order valence-corrected chi connectivity index (χ2v) is 6.91. The van der Waals surface area contributed by atoms with Gasteiger partial charge in [-0.3, -0.25) is 4.79 Å². The number of rotatable bonds is 6. The summed E-state index contributed by atoms with van der Waals surface area (Å²) in [5.41, 5.74) is 4.13. The molecule has 150 valence electrons. The number of amides is 1. The van der Waals surface area contributed by atoms with Crippen molar-refractivity contribution in [3.8, 4) is 16.9 Å². The van der Waals surface area contributed by atoms with Gasteiger partial charge in [-0.15, -0.1) is 0 Å². The van der Waals surface area contributed by atoms with Crippen molar-refractivity contribution >= 4 is 5.91 Å². The van der Waals surface area contributed by atoms with Crippen LogP contribution in [0.2, 0.25) is 0 Å². The third kappa shape index (κ3) is 3.87. The van der Waals surface area contributed by atoms with Gasteiger partial charge in [0.25, 0.3) is 5.91 Å². The SMILES string of the molecule is CCc1c(C(=O)NCc2ccccc2F)c(-c2ccccc2)nn1-c1ccccc1. The Morgan fingerprint density at radius 2 is 1.57 bits per heavy atom. The van der Waals surface area contributed by atoms with Crippen molar-refractivity contribution in [3.05, 3.63) is 108 Å². The van der Waals surface area contributed by atoms with Gasteiger partial charge >= 0.3 is 0 Å². The minimum absolute atomic E-state index is 0.111. The first kappa shape index (κ1) is 19.6. The topological polar surface area (TPSA) is 46.9 Å². The molecule has 3 aromatic carbocycles. The van der Waals surface area contributed by atoms with E-state index >= 15 is 0 Å². The van der Waals surface area contributed by atoms with E-state index in [0.29, 0.717) is 23.2 Å². The van der Waals surface area contributed by atoms with E-state index < -0.39 is 0 Å². The summed E-state index contributed by atoms with van der Waals surface area (Å²) in [7, 11) is 0. The molecule has 0 aliphatic rings. The summed E-state index contributed by atoms with van der Waals surface area (Å²) in [6.07, 6.45) is 0.622. The van der Waals surface area contributed by atoms with Gasteiger partial charge in [-0.05, 0) is 24.6 Å². The van der Waals surface area contributed by atoms with Gasteiger partial charge in [0.1, 0.15) is 11.5 Å². The molecule has 0 saturated carbocycles. The number of nitrogens with one attached hydrogen (secondary N) is 1. The van der Waals surface area contributed by atoms with Crippen molar-refractivity contribution in [2.24, 2.45) is 0 Å². The Morgan fingerprint density at radius 1 is 0.933 bits per heavy atom. The molecule has 0 atom stereocenters. The molecular formula is C25H22FN3O. The molecule has 0 unspecified atom stereocenters. The highest BCUT2D eigenvalue weighted by Crippen LogP contribution is 2.28. The zero-order chi connectivity index (χ0) is 20.9. The van der Waals surface area contributed by atoms with E-state index in [2.05, 4.69) is 5.32 Å². The first-order chi connectivity index (χ1) is 14.7. The van der Waals surface area contributed by atoms with E-state index in [0.717, 1.165) is 16.9 Å². The fourth-order valence-corrected chi connectivity index (χ4v) is 3.50. The average Bonchev–Trinajstić information content (AvgIpc) is 3.19. The first-order valence-corrected chi connectivity index (χ1v) is 9.93. The minimum Gasteiger partial charge on any atom is -0.348 e. The monoisotopic (exact) mass is 399 g/mol. The number of para-hydroxylation sites is 1. The van der Waals surface area contributed by atoms with E-state index in [-0.39, 0.29) is 18.3 Å². The summed E-state index contributed by atoms with van der Waals surface area (Å²) in [5.74, 6) is -0.604. The summed E-state index contributed by atoms with van der Waals surface area (Å²) in [5, 5.41) is 7.67. The van der Waals surface area contributed by atoms with Crippen molar-refractivity contribution < 1.29 is 9.18 Å². The predicted octanol–water partition coefficient (Wildman–Crippen LogP) is 5.17. The number of hydrogen-bond acceptors (Lipinski definition) is 2. The third-order valence-corrected chi connectivity index (χ3v) is 4.99. The fourth-order valence-electron chi connectivity index (χ4n) is 3.50. The second-order valence-electron chi connectivity index (χ2n) is 6.91. The van der Waals surface area contributed by atoms with E-state index in [1.165, 1.54) is 6.07 Å². The maximum atomic E-state index is 14.0. The molecule has 4 rings (SSSR count). The lowest BCUT2D eigenvalue weighted by molar-refractivity contribution is 0.0950. The van der Waals surface area contributed by atoms with E-state index in [1.807, 2.05) is 72.3 Å². The predicted molar refractivity (Wildman–Crippen MR) is 116 cm³/mol. The van der Waals surface area contributed by atoms with E-state index in [4.69, 9.17) is 5.10 Å². The van der Waals surface area contributed by atoms with Crippen LogP contribution in [-0.2, 0) is 13.0 Å². The van der Waals surface area contributed by atoms with Gasteiger partial charge < -0.3 is 5.32 Å². The van der Waals surface area contributed by atoms with Crippen LogP contribution in [0, 0.1) is 5.82 Å². The summed E-state index contributed by atoms with van der Waals surface area (Å²) < 4.78 is 15.8. The van der Waals surface area contributed by atoms with Crippen LogP contribution in [0.4, 0.5) is 4.39 Å². The van der Waals surface area contributed by atoms with Gasteiger partial charge in [0.2, 0.25) is 0 Å². The molecule has 4 nitrogen and oxygen atoms in total. The van der Waals surface area contributed by atoms with Crippen molar-refractivity contribution in [2.45, 2.75) is 19.9 Å². The van der Waals surface area contributed by atoms with Crippen LogP contribution in [0.3, 0.4) is 0 Å². The Morgan fingerprint density at radius 3 is 2.23 bits per heavy atom. The molecule has 0 aliphatic heterocycles. The first-order valence-electron chi connectivity index (χ1n) is 9.93. The van der Waals surface area contributed by atoms with E-state index in [1.54, 1.807) is 18.2 Å². The maximum absolute atomic E-state index is 14.0. The molecule has 1 heterocycles. The number of hydrogen-bond donors (Lipinski definition) is 1. The second kappa shape index (κ2) is 8.74. The molecule has 0 bridgehead atoms. The van der Waals surface area contributed by atoms with Gasteiger partial charge in [-0.1, -0.05) is 73.7 Å². The maximum Gasteiger partial charge on any atom is 0.255 e. The van der Waals surface area contributed by atoms with Crippen molar-refractivity contribution in [1.82, 2.24) is 15.1 Å². The van der Waals surface area contributed by atoms with Gasteiger partial charge in [0.05, 0.1) is 16.9 Å². The molecule has 0 fully saturated rings. The third-order valence-electron chi connectivity index (χ3n) is 4.99. The molecule has 0 aliphatic carbocycles. The minimum atomic E-state index is -0.336. The Hall–Kier alpha value is -3.73. The molecular weight excluding hydrogens is 377 g/mol. The van der Waals surface area contributed by atoms with Gasteiger partial charge in [0.15, 0.2) is 0 Å². The number of benzene rings is 3. The Balaban J connectivity index is 1.77. The zero-order valence-electron chi connectivity index (χ0n) is 16.7. The molecule has 0 spiro atoms. The molecule has 0 radical (unpaired) electrons. The summed E-state index contributed by atoms with van der Waals surface area (Å²) in [6.45, 7) is 2.11. The molecule has 30 heavy (non-hydrogen) atoms. The van der Waals surface area contributed by atoms with Crippen LogP contribution in [0.1, 0.15) is 28.5 Å². The van der Waals surface area contributed by atoms with Gasteiger partial charge in [0, 0.05) is 17.7 Å². The van der Waals surface area contributed by atoms with Crippen LogP contribution in [0.5, 0.6) is 0 Å². The molecule has 4 aromatic rings. The van der Waals surface area contributed by atoms with Crippen LogP contribution in [0.15, 0.2) is 84.9 Å². The quantitative estimate of drug-likeness (QED) is 0.486. The van der Waals surface area contributed by atoms with Gasteiger partial charge in [-0.25, -0.2) is 9.07 Å². The van der Waals surface area contributed by atoms with Crippen molar-refractivity contribution in [2.75, 3.05) is 0 Å². The van der Waals surface area contributed by atoms with Crippen molar-refractivity contribution in [3.63, 3.8) is 0 Å². The lowest BCUT2D eigenvalue weighted by Gasteiger charge is -2.09. The number of halogens is 1. The van der Waals surface area contributed by atoms with E-state index in [9.17, 15) is 9.18 Å². The number of aromatic nitrogens is 2. The summed E-state index contributed by atoms with van der Waals surface area (Å²) >= 11 is 0. The lowest BCUT2D eigenvalue weighted by Crippen LogP contribution is -2.25. The highest BCUT2D eigenvalue weighted by atomic mass is 19.1. The Labute approximate surface area is 175 Å². The highest BCUT2D eigenvalue weighted by Gasteiger charge is 2.24. The molecule has 1 amide bonds. The Kier molecular flexibility index (Phi) is 5.70. The average molecular weight is 399 g/mol. The standard InChI is InChI=1S/C25H22FN3O/c1-2-22-23(25(30)27-17-19-13-9-10-16-21(19)26)24(18-11-5-3-6-12-18)28-29(22)20-14-7-4-8-15-20/h3-16H,2,17H2,1H3,(H,27,30). The van der Waals surface area contributed by atoms with Crippen LogP contribution in [0.25, 0.3) is 16.9 Å². The zero-order valence-corrected chi connectivity index (χ0v) is 16.7. The molecule has 1 aromatic heterocycles. The number of carbonyl (C=O) groups excluding carboxylic acids is 1. The van der Waals surface area contributed by atoms with Crippen LogP contribution in [-0.4, -0.2) is 15.7 Å². The normalized spacial score (nSPS) is 10.7. The summed E-state index contributed by atoms with van der Waals surface area (Å²) in [4.78, 5) is 13.3. The van der Waals surface area contributed by atoms with Crippen molar-refractivity contribution in [1.29, 1.82) is 0 Å². The smallest absolute Gasteiger partial charge is 0.255 e. The number of nitrogens with zero attached hydrogens (tertiary/aromatic N) is 2. The molecule has 5 heteroatoms. The lowest BCUT2D eigenvalue weighted by atomic mass is 10.0. The largest absolute Gasteiger partial charge is 0.348 e. The fraction of sp³-hybridized carbons (Fsp3) is 0.120. The molecule has 1 N–H and O–H groups in total. The van der Waals surface area contributed by atoms with Gasteiger partial charge in [-0.2, -0.15) is 5.10 Å². The van der Waals surface area contributed by atoms with Crippen LogP contribution < -0.4 is 5.32 Å². The van der Waals surface area contributed by atoms with Crippen LogP contribution >= 0.6 is 0 Å². The molecule has 0 saturated heterocycles. The Bertz CT molecular complexity index is 1150. The highest BCUT2D eigenvalue weighted by molar-refractivity contribution is 6.01.